The highest BCUT2D eigenvalue weighted by molar-refractivity contribution is 5.99. The van der Waals surface area contributed by atoms with E-state index in [4.69, 9.17) is 0 Å². The van der Waals surface area contributed by atoms with Gasteiger partial charge in [0, 0.05) is 31.2 Å². The van der Waals surface area contributed by atoms with Gasteiger partial charge in [0.1, 0.15) is 0 Å². The van der Waals surface area contributed by atoms with Crippen LogP contribution in [0.5, 0.6) is 0 Å². The first-order valence-electron chi connectivity index (χ1n) is 11.2. The van der Waals surface area contributed by atoms with Gasteiger partial charge in [-0.25, -0.2) is 0 Å². The smallest absolute Gasteiger partial charge is 0.244 e. The van der Waals surface area contributed by atoms with Crippen molar-refractivity contribution in [2.45, 2.75) is 46.1 Å². The van der Waals surface area contributed by atoms with Gasteiger partial charge in [0.15, 0.2) is 0 Å². The van der Waals surface area contributed by atoms with Gasteiger partial charge in [-0.05, 0) is 70.9 Å². The average Bonchev–Trinajstić information content (AvgIpc) is 3.07. The molecule has 1 N–H and O–H groups in total. The van der Waals surface area contributed by atoms with Crippen LogP contribution in [0.4, 0.5) is 5.69 Å². The first-order chi connectivity index (χ1) is 14.2. The maximum atomic E-state index is 13.0. The molecule has 1 aromatic rings. The zero-order valence-corrected chi connectivity index (χ0v) is 19.3. The number of hydrogen-bond acceptors (Lipinski definition) is 4. The van der Waals surface area contributed by atoms with Crippen molar-refractivity contribution in [1.82, 2.24) is 15.1 Å². The van der Waals surface area contributed by atoms with Crippen LogP contribution in [0, 0.1) is 18.3 Å². The predicted octanol–water partition coefficient (Wildman–Crippen LogP) is 2.52. The fraction of sp³-hybridized carbons (Fsp3) is 0.667. The number of carbonyl (C=O) groups excluding carboxylic acids is 2. The summed E-state index contributed by atoms with van der Waals surface area (Å²) in [5.74, 6) is 0.425. The number of benzene rings is 1. The van der Waals surface area contributed by atoms with Crippen molar-refractivity contribution in [1.29, 1.82) is 0 Å². The van der Waals surface area contributed by atoms with Gasteiger partial charge < -0.3 is 15.1 Å². The summed E-state index contributed by atoms with van der Waals surface area (Å²) in [6.07, 6.45) is 2.52. The van der Waals surface area contributed by atoms with E-state index in [9.17, 15) is 9.59 Å². The zero-order valence-electron chi connectivity index (χ0n) is 19.3. The largest absolute Gasteiger partial charge is 0.355 e. The standard InChI is InChI=1S/C24H38N4O2/c1-18-6-8-20(9-7-18)28-15-12-21(23(28)30)27-13-10-19(11-14-27)22(29)25-16-24(2,3)17-26(4)5/h6-9,19,21H,10-17H2,1-5H3,(H,25,29)/t21-/m1/s1. The highest BCUT2D eigenvalue weighted by atomic mass is 16.2. The Morgan fingerprint density at radius 1 is 1.10 bits per heavy atom. The minimum atomic E-state index is -0.0469. The van der Waals surface area contributed by atoms with E-state index in [0.717, 1.165) is 51.1 Å². The summed E-state index contributed by atoms with van der Waals surface area (Å²) in [6.45, 7) is 10.5. The Kier molecular flexibility index (Phi) is 7.19. The fourth-order valence-corrected chi connectivity index (χ4v) is 4.84. The van der Waals surface area contributed by atoms with Crippen LogP contribution in [0.3, 0.4) is 0 Å². The third kappa shape index (κ3) is 5.61. The molecule has 6 nitrogen and oxygen atoms in total. The number of carbonyl (C=O) groups is 2. The van der Waals surface area contributed by atoms with Gasteiger partial charge in [0.05, 0.1) is 6.04 Å². The number of likely N-dealkylation sites (tertiary alicyclic amines) is 1. The second kappa shape index (κ2) is 9.48. The Bertz CT molecular complexity index is 736. The van der Waals surface area contributed by atoms with Crippen molar-refractivity contribution >= 4 is 17.5 Å². The second-order valence-electron chi connectivity index (χ2n) is 10.1. The van der Waals surface area contributed by atoms with E-state index in [1.165, 1.54) is 5.56 Å². The first kappa shape index (κ1) is 22.8. The molecule has 2 fully saturated rings. The normalized spacial score (nSPS) is 21.5. The van der Waals surface area contributed by atoms with Crippen molar-refractivity contribution in [2.24, 2.45) is 11.3 Å². The summed E-state index contributed by atoms with van der Waals surface area (Å²) in [7, 11) is 4.12. The molecule has 3 rings (SSSR count). The first-order valence-corrected chi connectivity index (χ1v) is 11.2. The number of rotatable bonds is 7. The average molecular weight is 415 g/mol. The molecule has 0 radical (unpaired) electrons. The van der Waals surface area contributed by atoms with Crippen LogP contribution >= 0.6 is 0 Å². The van der Waals surface area contributed by atoms with Crippen molar-refractivity contribution < 1.29 is 9.59 Å². The number of aryl methyl sites for hydroxylation is 1. The summed E-state index contributed by atoms with van der Waals surface area (Å²) in [4.78, 5) is 32.0. The summed E-state index contributed by atoms with van der Waals surface area (Å²) in [6, 6.07) is 8.13. The van der Waals surface area contributed by atoms with Crippen LogP contribution in [-0.2, 0) is 9.59 Å². The van der Waals surface area contributed by atoms with Gasteiger partial charge in [-0.1, -0.05) is 31.5 Å². The molecule has 166 valence electrons. The van der Waals surface area contributed by atoms with Crippen LogP contribution in [0.25, 0.3) is 0 Å². The van der Waals surface area contributed by atoms with Crippen molar-refractivity contribution in [3.63, 3.8) is 0 Å². The summed E-state index contributed by atoms with van der Waals surface area (Å²) in [5.41, 5.74) is 2.24. The van der Waals surface area contributed by atoms with Gasteiger partial charge >= 0.3 is 0 Å². The van der Waals surface area contributed by atoms with Crippen molar-refractivity contribution in [2.75, 3.05) is 51.7 Å². The molecule has 0 bridgehead atoms. The van der Waals surface area contributed by atoms with Crippen LogP contribution in [0.2, 0.25) is 0 Å². The Labute approximate surface area is 181 Å². The van der Waals surface area contributed by atoms with E-state index in [2.05, 4.69) is 62.1 Å². The van der Waals surface area contributed by atoms with Crippen molar-refractivity contribution in [3.05, 3.63) is 29.8 Å². The molecule has 2 amide bonds. The second-order valence-corrected chi connectivity index (χ2v) is 10.1. The van der Waals surface area contributed by atoms with Crippen molar-refractivity contribution in [3.8, 4) is 0 Å². The lowest BCUT2D eigenvalue weighted by atomic mass is 9.91. The monoisotopic (exact) mass is 414 g/mol. The molecular weight excluding hydrogens is 376 g/mol. The Balaban J connectivity index is 1.48. The lowest BCUT2D eigenvalue weighted by Gasteiger charge is -2.35. The quantitative estimate of drug-likeness (QED) is 0.745. The molecule has 2 aliphatic heterocycles. The zero-order chi connectivity index (χ0) is 21.9. The molecule has 0 unspecified atom stereocenters. The van der Waals surface area contributed by atoms with E-state index < -0.39 is 0 Å². The SMILES string of the molecule is Cc1ccc(N2CC[C@@H](N3CCC(C(=O)NCC(C)(C)CN(C)C)CC3)C2=O)cc1. The molecule has 2 saturated heterocycles. The van der Waals surface area contributed by atoms with E-state index in [0.29, 0.717) is 6.54 Å². The molecule has 30 heavy (non-hydrogen) atoms. The molecule has 1 aromatic carbocycles. The van der Waals surface area contributed by atoms with Gasteiger partial charge in [0.25, 0.3) is 0 Å². The lowest BCUT2D eigenvalue weighted by Crippen LogP contribution is -2.49. The number of piperidine rings is 1. The van der Waals surface area contributed by atoms with Gasteiger partial charge in [-0.3, -0.25) is 14.5 Å². The Morgan fingerprint density at radius 3 is 2.33 bits per heavy atom. The minimum Gasteiger partial charge on any atom is -0.355 e. The number of hydrogen-bond donors (Lipinski definition) is 1. The lowest BCUT2D eigenvalue weighted by molar-refractivity contribution is -0.127. The van der Waals surface area contributed by atoms with E-state index in [1.54, 1.807) is 0 Å². The van der Waals surface area contributed by atoms with E-state index >= 15 is 0 Å². The molecule has 2 heterocycles. The summed E-state index contributed by atoms with van der Waals surface area (Å²) >= 11 is 0. The van der Waals surface area contributed by atoms with Crippen LogP contribution in [0.1, 0.15) is 38.7 Å². The van der Waals surface area contributed by atoms with Gasteiger partial charge in [0.2, 0.25) is 11.8 Å². The van der Waals surface area contributed by atoms with E-state index in [-0.39, 0.29) is 29.2 Å². The maximum absolute atomic E-state index is 13.0. The highest BCUT2D eigenvalue weighted by Crippen LogP contribution is 2.28. The number of nitrogens with zero attached hydrogens (tertiary/aromatic N) is 3. The van der Waals surface area contributed by atoms with E-state index in [1.807, 2.05) is 17.0 Å². The number of anilines is 1. The minimum absolute atomic E-state index is 0.0469. The molecule has 0 aliphatic carbocycles. The molecule has 6 heteroatoms. The van der Waals surface area contributed by atoms with Crippen LogP contribution in [0.15, 0.2) is 24.3 Å². The van der Waals surface area contributed by atoms with Crippen LogP contribution in [-0.4, -0.2) is 74.5 Å². The fourth-order valence-electron chi connectivity index (χ4n) is 4.84. The van der Waals surface area contributed by atoms with Gasteiger partial charge in [-0.15, -0.1) is 0 Å². The maximum Gasteiger partial charge on any atom is 0.244 e. The highest BCUT2D eigenvalue weighted by Gasteiger charge is 2.39. The predicted molar refractivity (Wildman–Crippen MR) is 122 cm³/mol. The summed E-state index contributed by atoms with van der Waals surface area (Å²) < 4.78 is 0. The topological polar surface area (TPSA) is 55.9 Å². The van der Waals surface area contributed by atoms with Crippen LogP contribution < -0.4 is 10.2 Å². The molecule has 0 spiro atoms. The third-order valence-electron chi connectivity index (χ3n) is 6.35. The number of nitrogens with one attached hydrogen (secondary N) is 1. The molecular formula is C24H38N4O2. The van der Waals surface area contributed by atoms with Gasteiger partial charge in [-0.2, -0.15) is 0 Å². The number of amides is 2. The molecule has 2 aliphatic rings. The summed E-state index contributed by atoms with van der Waals surface area (Å²) in [5, 5.41) is 3.16. The molecule has 1 atom stereocenters. The Morgan fingerprint density at radius 2 is 1.73 bits per heavy atom. The third-order valence-corrected chi connectivity index (χ3v) is 6.35. The molecule has 0 saturated carbocycles. The Hall–Kier alpha value is -1.92. The molecule has 0 aromatic heterocycles.